The maximum Gasteiger partial charge on any atom is 0.336 e. The number of hydrogen-bond donors (Lipinski definition) is 2. The summed E-state index contributed by atoms with van der Waals surface area (Å²) in [5.41, 5.74) is 2.16. The van der Waals surface area contributed by atoms with Crippen molar-refractivity contribution in [3.8, 4) is 11.5 Å². The molecular formula is C19H18O4. The summed E-state index contributed by atoms with van der Waals surface area (Å²) < 4.78 is 5.13. The van der Waals surface area contributed by atoms with E-state index in [9.17, 15) is 15.0 Å². The molecule has 2 N–H and O–H groups in total. The van der Waals surface area contributed by atoms with Gasteiger partial charge in [-0.2, -0.15) is 0 Å². The predicted octanol–water partition coefficient (Wildman–Crippen LogP) is 3.86. The lowest BCUT2D eigenvalue weighted by Gasteiger charge is -2.13. The fourth-order valence-electron chi connectivity index (χ4n) is 2.34. The number of phenols is 1. The molecule has 0 saturated heterocycles. The molecule has 118 valence electrons. The van der Waals surface area contributed by atoms with Gasteiger partial charge in [-0.1, -0.05) is 48.6 Å². The third kappa shape index (κ3) is 3.61. The Morgan fingerprint density at radius 2 is 1.78 bits per heavy atom. The Hall–Kier alpha value is -3.01. The van der Waals surface area contributed by atoms with E-state index in [1.165, 1.54) is 13.2 Å². The summed E-state index contributed by atoms with van der Waals surface area (Å²) in [5.74, 6) is -0.721. The lowest BCUT2D eigenvalue weighted by Crippen LogP contribution is -2.04. The van der Waals surface area contributed by atoms with Gasteiger partial charge < -0.3 is 14.9 Å². The smallest absolute Gasteiger partial charge is 0.336 e. The van der Waals surface area contributed by atoms with Gasteiger partial charge in [0.1, 0.15) is 0 Å². The fraction of sp³-hybridized carbons (Fsp3) is 0.105. The van der Waals surface area contributed by atoms with Gasteiger partial charge in [0.05, 0.1) is 12.7 Å². The Kier molecular flexibility index (Phi) is 5.20. The first-order chi connectivity index (χ1) is 11.1. The topological polar surface area (TPSA) is 66.8 Å². The number of rotatable bonds is 5. The van der Waals surface area contributed by atoms with E-state index in [1.807, 2.05) is 30.3 Å². The van der Waals surface area contributed by atoms with Crippen LogP contribution in [0.15, 0.2) is 66.3 Å². The van der Waals surface area contributed by atoms with Crippen molar-refractivity contribution in [3.63, 3.8) is 0 Å². The number of phenolic OH excluding ortho intramolecular Hbond substituents is 1. The summed E-state index contributed by atoms with van der Waals surface area (Å²) in [6.45, 7) is 1.77. The van der Waals surface area contributed by atoms with Crippen LogP contribution >= 0.6 is 0 Å². The molecule has 0 spiro atoms. The number of carboxylic acid groups (broad SMARTS) is 1. The molecule has 0 heterocycles. The van der Waals surface area contributed by atoms with E-state index in [0.29, 0.717) is 16.9 Å². The number of allylic oxidation sites excluding steroid dienone is 1. The Morgan fingerprint density at radius 1 is 1.09 bits per heavy atom. The Morgan fingerprint density at radius 3 is 2.35 bits per heavy atom. The van der Waals surface area contributed by atoms with Crippen LogP contribution in [0.25, 0.3) is 5.57 Å². The Bertz CT molecular complexity index is 758. The molecule has 4 nitrogen and oxygen atoms in total. The molecule has 2 aromatic rings. The molecule has 0 aliphatic carbocycles. The van der Waals surface area contributed by atoms with Gasteiger partial charge in [0.15, 0.2) is 11.5 Å². The number of carbonyl (C=O) groups is 1. The van der Waals surface area contributed by atoms with Crippen LogP contribution in [0, 0.1) is 0 Å². The lowest BCUT2D eigenvalue weighted by atomic mass is 9.92. The van der Waals surface area contributed by atoms with Crippen molar-refractivity contribution in [3.05, 3.63) is 77.4 Å². The van der Waals surface area contributed by atoms with E-state index in [2.05, 4.69) is 0 Å². The van der Waals surface area contributed by atoms with Crippen LogP contribution in [-0.4, -0.2) is 23.3 Å². The van der Waals surface area contributed by atoms with Gasteiger partial charge in [0.25, 0.3) is 0 Å². The third-order valence-electron chi connectivity index (χ3n) is 3.36. The van der Waals surface area contributed by atoms with Crippen molar-refractivity contribution < 1.29 is 19.7 Å². The molecule has 0 bridgehead atoms. The van der Waals surface area contributed by atoms with E-state index in [4.69, 9.17) is 4.74 Å². The van der Waals surface area contributed by atoms with Crippen molar-refractivity contribution in [2.75, 3.05) is 7.11 Å². The molecule has 4 heteroatoms. The van der Waals surface area contributed by atoms with Crippen molar-refractivity contribution in [1.82, 2.24) is 0 Å². The second-order valence-corrected chi connectivity index (χ2v) is 4.85. The fourth-order valence-corrected chi connectivity index (χ4v) is 2.34. The van der Waals surface area contributed by atoms with Gasteiger partial charge in [-0.05, 0) is 30.2 Å². The summed E-state index contributed by atoms with van der Waals surface area (Å²) in [4.78, 5) is 11.7. The molecule has 0 aliphatic rings. The van der Waals surface area contributed by atoms with Crippen LogP contribution in [0.1, 0.15) is 18.1 Å². The molecule has 0 aromatic heterocycles. The molecule has 0 fully saturated rings. The first-order valence-corrected chi connectivity index (χ1v) is 7.11. The Balaban J connectivity index is 2.78. The zero-order chi connectivity index (χ0) is 16.8. The van der Waals surface area contributed by atoms with Crippen LogP contribution in [0.5, 0.6) is 11.5 Å². The van der Waals surface area contributed by atoms with E-state index >= 15 is 0 Å². The van der Waals surface area contributed by atoms with Gasteiger partial charge in [-0.15, -0.1) is 0 Å². The average Bonchev–Trinajstić information content (AvgIpc) is 2.56. The number of benzene rings is 2. The number of methoxy groups -OCH3 is 1. The zero-order valence-corrected chi connectivity index (χ0v) is 13.0. The van der Waals surface area contributed by atoms with Crippen LogP contribution < -0.4 is 4.74 Å². The van der Waals surface area contributed by atoms with Crippen LogP contribution in [0.4, 0.5) is 0 Å². The number of aliphatic carboxylic acids is 1. The highest BCUT2D eigenvalue weighted by Gasteiger charge is 2.17. The molecule has 0 amide bonds. The molecule has 23 heavy (non-hydrogen) atoms. The molecule has 0 radical (unpaired) electrons. The molecular weight excluding hydrogens is 292 g/mol. The molecule has 0 unspecified atom stereocenters. The van der Waals surface area contributed by atoms with Crippen molar-refractivity contribution >= 4 is 11.5 Å². The van der Waals surface area contributed by atoms with Gasteiger partial charge in [0, 0.05) is 5.57 Å². The van der Waals surface area contributed by atoms with Crippen LogP contribution in [0.3, 0.4) is 0 Å². The predicted molar refractivity (Wildman–Crippen MR) is 89.6 cm³/mol. The summed E-state index contributed by atoms with van der Waals surface area (Å²) in [6.07, 6.45) is 3.24. The number of carboxylic acids is 1. The summed E-state index contributed by atoms with van der Waals surface area (Å²) in [5, 5.41) is 19.4. The molecule has 0 aliphatic heterocycles. The highest BCUT2D eigenvalue weighted by atomic mass is 16.5. The lowest BCUT2D eigenvalue weighted by molar-refractivity contribution is -0.132. The first kappa shape index (κ1) is 16.4. The molecule has 0 atom stereocenters. The largest absolute Gasteiger partial charge is 0.504 e. The van der Waals surface area contributed by atoms with Crippen molar-refractivity contribution in [2.45, 2.75) is 6.92 Å². The normalized spacial score (nSPS) is 12.1. The van der Waals surface area contributed by atoms with E-state index in [0.717, 1.165) is 5.56 Å². The summed E-state index contributed by atoms with van der Waals surface area (Å²) >= 11 is 0. The molecule has 0 saturated carbocycles. The van der Waals surface area contributed by atoms with Gasteiger partial charge in [-0.25, -0.2) is 4.79 Å². The van der Waals surface area contributed by atoms with E-state index in [-0.39, 0.29) is 11.3 Å². The molecule has 2 rings (SSSR count). The highest BCUT2D eigenvalue weighted by molar-refractivity contribution is 6.03. The minimum atomic E-state index is -1.02. The average molecular weight is 310 g/mol. The minimum absolute atomic E-state index is 0.00608. The van der Waals surface area contributed by atoms with Gasteiger partial charge in [0.2, 0.25) is 0 Å². The number of hydrogen-bond acceptors (Lipinski definition) is 3. The second kappa shape index (κ2) is 7.31. The second-order valence-electron chi connectivity index (χ2n) is 4.85. The van der Waals surface area contributed by atoms with Crippen LogP contribution in [-0.2, 0) is 4.79 Å². The van der Waals surface area contributed by atoms with Crippen molar-refractivity contribution in [1.29, 1.82) is 0 Å². The van der Waals surface area contributed by atoms with Crippen LogP contribution in [0.2, 0.25) is 0 Å². The zero-order valence-electron chi connectivity index (χ0n) is 13.0. The summed E-state index contributed by atoms with van der Waals surface area (Å²) in [6, 6.07) is 14.1. The Labute approximate surface area is 135 Å². The summed E-state index contributed by atoms with van der Waals surface area (Å²) in [7, 11) is 1.45. The number of aromatic hydroxyl groups is 1. The van der Waals surface area contributed by atoms with E-state index < -0.39 is 5.97 Å². The van der Waals surface area contributed by atoms with Crippen molar-refractivity contribution in [2.24, 2.45) is 0 Å². The number of ether oxygens (including phenoxy) is 1. The quantitative estimate of drug-likeness (QED) is 0.650. The van der Waals surface area contributed by atoms with Gasteiger partial charge in [-0.3, -0.25) is 0 Å². The highest BCUT2D eigenvalue weighted by Crippen LogP contribution is 2.34. The third-order valence-corrected chi connectivity index (χ3v) is 3.36. The SMILES string of the molecule is C/C=C/C(C(=O)O)=C(\c1ccccc1)c1ccc(O)c(OC)c1. The maximum atomic E-state index is 11.7. The monoisotopic (exact) mass is 310 g/mol. The minimum Gasteiger partial charge on any atom is -0.504 e. The van der Waals surface area contributed by atoms with Gasteiger partial charge >= 0.3 is 5.97 Å². The standard InChI is InChI=1S/C19H18O4/c1-3-7-15(19(21)22)18(13-8-5-4-6-9-13)14-10-11-16(20)17(12-14)23-2/h3-12,20H,1-2H3,(H,21,22)/b7-3+,18-15-. The maximum absolute atomic E-state index is 11.7. The van der Waals surface area contributed by atoms with E-state index in [1.54, 1.807) is 31.2 Å². The first-order valence-electron chi connectivity index (χ1n) is 7.11. The molecule has 2 aromatic carbocycles.